The molecule has 0 bridgehead atoms. The summed E-state index contributed by atoms with van der Waals surface area (Å²) in [6, 6.07) is 2.40. The van der Waals surface area contributed by atoms with E-state index in [4.69, 9.17) is 5.73 Å². The number of nitrogens with two attached hydrogens (primary N) is 1. The van der Waals surface area contributed by atoms with E-state index >= 15 is 0 Å². The molecule has 0 saturated carbocycles. The third-order valence-corrected chi connectivity index (χ3v) is 1.35. The summed E-state index contributed by atoms with van der Waals surface area (Å²) in [4.78, 5) is 3.18. The van der Waals surface area contributed by atoms with Gasteiger partial charge in [-0.1, -0.05) is 0 Å². The first-order chi connectivity index (χ1) is 5.54. The summed E-state index contributed by atoms with van der Waals surface area (Å²) >= 11 is 0. The van der Waals surface area contributed by atoms with Gasteiger partial charge < -0.3 is 5.73 Å². The predicted octanol–water partition coefficient (Wildman–Crippen LogP) is 1.56. The smallest absolute Gasteiger partial charge is 0.326 e. The molecule has 1 aromatic rings. The molecule has 0 unspecified atom stereocenters. The van der Waals surface area contributed by atoms with E-state index in [1.165, 1.54) is 6.07 Å². The molecule has 0 aliphatic rings. The fourth-order valence-electron chi connectivity index (χ4n) is 0.756. The van der Waals surface area contributed by atoms with E-state index in [1.807, 2.05) is 0 Å². The molecule has 0 radical (unpaired) electrons. The number of halogens is 3. The lowest BCUT2D eigenvalue weighted by Gasteiger charge is -2.05. The minimum absolute atomic E-state index is 0.0889. The maximum atomic E-state index is 12.0. The van der Waals surface area contributed by atoms with Gasteiger partial charge in [-0.15, -0.1) is 0 Å². The average Bonchev–Trinajstić information content (AvgIpc) is 2.03. The maximum absolute atomic E-state index is 12.0. The first kappa shape index (κ1) is 8.99. The van der Waals surface area contributed by atoms with Gasteiger partial charge in [-0.3, -0.25) is 4.98 Å². The number of alkyl halides is 3. The van der Waals surface area contributed by atoms with E-state index in [2.05, 4.69) is 4.98 Å². The molecule has 1 rings (SSSR count). The van der Waals surface area contributed by atoms with Crippen LogP contribution in [0.25, 0.3) is 0 Å². The molecule has 0 amide bonds. The van der Waals surface area contributed by atoms with Crippen molar-refractivity contribution in [2.45, 2.75) is 12.7 Å². The average molecular weight is 176 g/mol. The molecule has 0 fully saturated rings. The fourth-order valence-corrected chi connectivity index (χ4v) is 0.756. The number of aromatic nitrogens is 1. The molecule has 2 nitrogen and oxygen atoms in total. The van der Waals surface area contributed by atoms with Crippen LogP contribution in [0.3, 0.4) is 0 Å². The minimum atomic E-state index is -4.38. The van der Waals surface area contributed by atoms with Gasteiger partial charge in [0.2, 0.25) is 0 Å². The molecule has 1 aromatic heterocycles. The molecular weight excluding hydrogens is 169 g/mol. The molecule has 0 aliphatic carbocycles. The SMILES string of the molecule is NCc1ccnc(C(F)(F)F)c1. The second-order valence-electron chi connectivity index (χ2n) is 2.25. The lowest BCUT2D eigenvalue weighted by Crippen LogP contribution is -2.09. The fraction of sp³-hybridized carbons (Fsp3) is 0.286. The van der Waals surface area contributed by atoms with Crippen molar-refractivity contribution < 1.29 is 13.2 Å². The second-order valence-corrected chi connectivity index (χ2v) is 2.25. The monoisotopic (exact) mass is 176 g/mol. The van der Waals surface area contributed by atoms with Crippen LogP contribution >= 0.6 is 0 Å². The molecule has 12 heavy (non-hydrogen) atoms. The first-order valence-electron chi connectivity index (χ1n) is 3.26. The van der Waals surface area contributed by atoms with Crippen molar-refractivity contribution in [1.82, 2.24) is 4.98 Å². The van der Waals surface area contributed by atoms with Crippen molar-refractivity contribution in [3.63, 3.8) is 0 Å². The van der Waals surface area contributed by atoms with Gasteiger partial charge in [0.05, 0.1) is 0 Å². The van der Waals surface area contributed by atoms with E-state index in [1.54, 1.807) is 0 Å². The molecule has 2 N–H and O–H groups in total. The normalized spacial score (nSPS) is 11.7. The largest absolute Gasteiger partial charge is 0.433 e. The lowest BCUT2D eigenvalue weighted by atomic mass is 10.2. The Labute approximate surface area is 67.2 Å². The molecule has 5 heteroatoms. The number of hydrogen-bond donors (Lipinski definition) is 1. The molecule has 0 aliphatic heterocycles. The van der Waals surface area contributed by atoms with Crippen LogP contribution in [0.2, 0.25) is 0 Å². The Morgan fingerprint density at radius 3 is 2.58 bits per heavy atom. The van der Waals surface area contributed by atoms with Gasteiger partial charge in [0, 0.05) is 12.7 Å². The van der Waals surface area contributed by atoms with Crippen molar-refractivity contribution in [1.29, 1.82) is 0 Å². The summed E-state index contributed by atoms with van der Waals surface area (Å²) in [5, 5.41) is 0. The Kier molecular flexibility index (Phi) is 2.32. The number of rotatable bonds is 1. The second kappa shape index (κ2) is 3.10. The van der Waals surface area contributed by atoms with Crippen molar-refractivity contribution in [3.05, 3.63) is 29.6 Å². The zero-order valence-electron chi connectivity index (χ0n) is 6.10. The summed E-state index contributed by atoms with van der Waals surface area (Å²) < 4.78 is 36.0. The third kappa shape index (κ3) is 1.94. The van der Waals surface area contributed by atoms with Gasteiger partial charge in [0.15, 0.2) is 0 Å². The number of hydrogen-bond acceptors (Lipinski definition) is 2. The van der Waals surface area contributed by atoms with Crippen molar-refractivity contribution >= 4 is 0 Å². The highest BCUT2D eigenvalue weighted by Crippen LogP contribution is 2.27. The van der Waals surface area contributed by atoms with Crippen LogP contribution in [0, 0.1) is 0 Å². The highest BCUT2D eigenvalue weighted by molar-refractivity contribution is 5.17. The van der Waals surface area contributed by atoms with Gasteiger partial charge in [-0.25, -0.2) is 0 Å². The predicted molar refractivity (Wildman–Crippen MR) is 37.1 cm³/mol. The van der Waals surface area contributed by atoms with Crippen molar-refractivity contribution in [2.75, 3.05) is 0 Å². The highest BCUT2D eigenvalue weighted by atomic mass is 19.4. The molecule has 0 spiro atoms. The van der Waals surface area contributed by atoms with Crippen LogP contribution in [-0.4, -0.2) is 4.98 Å². The quantitative estimate of drug-likeness (QED) is 0.705. The summed E-state index contributed by atoms with van der Waals surface area (Å²) in [5.41, 5.74) is 4.70. The molecule has 66 valence electrons. The zero-order valence-corrected chi connectivity index (χ0v) is 6.10. The Morgan fingerprint density at radius 2 is 2.08 bits per heavy atom. The van der Waals surface area contributed by atoms with E-state index in [9.17, 15) is 13.2 Å². The van der Waals surface area contributed by atoms with Crippen LogP contribution in [0.15, 0.2) is 18.3 Å². The Hall–Kier alpha value is -1.10. The van der Waals surface area contributed by atoms with Gasteiger partial charge in [0.25, 0.3) is 0 Å². The first-order valence-corrected chi connectivity index (χ1v) is 3.26. The molecule has 0 saturated heterocycles. The van der Waals surface area contributed by atoms with Crippen molar-refractivity contribution in [2.24, 2.45) is 5.73 Å². The number of nitrogens with zero attached hydrogens (tertiary/aromatic N) is 1. The van der Waals surface area contributed by atoms with Gasteiger partial charge in [-0.05, 0) is 17.7 Å². The van der Waals surface area contributed by atoms with Crippen LogP contribution in [0.1, 0.15) is 11.3 Å². The number of pyridine rings is 1. The molecule has 0 aromatic carbocycles. The topological polar surface area (TPSA) is 38.9 Å². The van der Waals surface area contributed by atoms with E-state index in [-0.39, 0.29) is 6.54 Å². The Balaban J connectivity index is 3.02. The van der Waals surface area contributed by atoms with Gasteiger partial charge in [0.1, 0.15) is 5.69 Å². The Bertz CT molecular complexity index is 270. The lowest BCUT2D eigenvalue weighted by molar-refractivity contribution is -0.141. The standard InChI is InChI=1S/C7H7F3N2/c8-7(9,10)6-3-5(4-11)1-2-12-6/h1-3H,4,11H2. The molecule has 1 heterocycles. The summed E-state index contributed by atoms with van der Waals surface area (Å²) in [6.07, 6.45) is -3.28. The van der Waals surface area contributed by atoms with E-state index in [0.717, 1.165) is 12.3 Å². The van der Waals surface area contributed by atoms with Crippen molar-refractivity contribution in [3.8, 4) is 0 Å². The molecule has 0 atom stereocenters. The third-order valence-electron chi connectivity index (χ3n) is 1.35. The van der Waals surface area contributed by atoms with Crippen LogP contribution in [-0.2, 0) is 12.7 Å². The van der Waals surface area contributed by atoms with Crippen LogP contribution < -0.4 is 5.73 Å². The Morgan fingerprint density at radius 1 is 1.42 bits per heavy atom. The van der Waals surface area contributed by atoms with Crippen LogP contribution in [0.4, 0.5) is 13.2 Å². The maximum Gasteiger partial charge on any atom is 0.433 e. The zero-order chi connectivity index (χ0) is 9.19. The van der Waals surface area contributed by atoms with Crippen LogP contribution in [0.5, 0.6) is 0 Å². The minimum Gasteiger partial charge on any atom is -0.326 e. The van der Waals surface area contributed by atoms with Gasteiger partial charge in [-0.2, -0.15) is 13.2 Å². The summed E-state index contributed by atoms with van der Waals surface area (Å²) in [7, 11) is 0. The van der Waals surface area contributed by atoms with Gasteiger partial charge >= 0.3 is 6.18 Å². The van der Waals surface area contributed by atoms with E-state index in [0.29, 0.717) is 5.56 Å². The highest BCUT2D eigenvalue weighted by Gasteiger charge is 2.32. The summed E-state index contributed by atoms with van der Waals surface area (Å²) in [5.74, 6) is 0. The van der Waals surface area contributed by atoms with E-state index < -0.39 is 11.9 Å². The molecular formula is C7H7F3N2. The summed E-state index contributed by atoms with van der Waals surface area (Å²) in [6.45, 7) is 0.0889.